The van der Waals surface area contributed by atoms with E-state index in [9.17, 15) is 4.79 Å². The third kappa shape index (κ3) is 2.79. The SMILES string of the molecule is COC1(CNC(=O)c2cc(C3CC3)on2)CCSC1. The van der Waals surface area contributed by atoms with Gasteiger partial charge in [-0.05, 0) is 25.0 Å². The van der Waals surface area contributed by atoms with Crippen molar-refractivity contribution in [3.05, 3.63) is 17.5 Å². The van der Waals surface area contributed by atoms with Gasteiger partial charge in [-0.25, -0.2) is 0 Å². The van der Waals surface area contributed by atoms with Gasteiger partial charge >= 0.3 is 0 Å². The molecule has 2 heterocycles. The molecule has 0 spiro atoms. The number of thioether (sulfide) groups is 1. The summed E-state index contributed by atoms with van der Waals surface area (Å²) in [6.07, 6.45) is 3.25. The van der Waals surface area contributed by atoms with Gasteiger partial charge in [0.1, 0.15) is 5.76 Å². The predicted octanol–water partition coefficient (Wildman–Crippen LogP) is 1.80. The van der Waals surface area contributed by atoms with Crippen LogP contribution in [0.5, 0.6) is 0 Å². The Balaban J connectivity index is 1.57. The molecule has 1 aliphatic heterocycles. The summed E-state index contributed by atoms with van der Waals surface area (Å²) in [5.74, 6) is 3.15. The second-order valence-electron chi connectivity index (χ2n) is 5.26. The molecule has 2 fully saturated rings. The van der Waals surface area contributed by atoms with Crippen molar-refractivity contribution in [2.75, 3.05) is 25.2 Å². The Morgan fingerprint density at radius 1 is 1.68 bits per heavy atom. The van der Waals surface area contributed by atoms with E-state index in [0.717, 1.165) is 36.5 Å². The summed E-state index contributed by atoms with van der Waals surface area (Å²) >= 11 is 1.86. The van der Waals surface area contributed by atoms with Gasteiger partial charge in [0.2, 0.25) is 0 Å². The van der Waals surface area contributed by atoms with E-state index < -0.39 is 0 Å². The third-order valence-corrected chi connectivity index (χ3v) is 5.04. The van der Waals surface area contributed by atoms with Crippen molar-refractivity contribution in [1.29, 1.82) is 0 Å². The standard InChI is InChI=1S/C13H18N2O3S/c1-17-13(4-5-19-8-13)7-14-12(16)10-6-11(18-15-10)9-2-3-9/h6,9H,2-5,7-8H2,1H3,(H,14,16). The van der Waals surface area contributed by atoms with Gasteiger partial charge in [-0.1, -0.05) is 5.16 Å². The molecular weight excluding hydrogens is 264 g/mol. The summed E-state index contributed by atoms with van der Waals surface area (Å²) in [5.41, 5.74) is 0.155. The maximum Gasteiger partial charge on any atom is 0.273 e. The highest BCUT2D eigenvalue weighted by atomic mass is 32.2. The van der Waals surface area contributed by atoms with Crippen molar-refractivity contribution in [2.45, 2.75) is 30.8 Å². The molecule has 1 unspecified atom stereocenters. The molecule has 0 aromatic carbocycles. The van der Waals surface area contributed by atoms with E-state index in [1.807, 2.05) is 11.8 Å². The lowest BCUT2D eigenvalue weighted by atomic mass is 10.0. The zero-order valence-corrected chi connectivity index (χ0v) is 11.8. The van der Waals surface area contributed by atoms with E-state index in [-0.39, 0.29) is 11.5 Å². The monoisotopic (exact) mass is 282 g/mol. The minimum atomic E-state index is -0.219. The molecule has 1 aliphatic carbocycles. The number of hydrogen-bond acceptors (Lipinski definition) is 5. The molecule has 1 saturated carbocycles. The average molecular weight is 282 g/mol. The second kappa shape index (κ2) is 5.17. The van der Waals surface area contributed by atoms with Crippen LogP contribution in [0.15, 0.2) is 10.6 Å². The summed E-state index contributed by atoms with van der Waals surface area (Å²) in [5, 5.41) is 6.74. The molecule has 104 valence electrons. The van der Waals surface area contributed by atoms with E-state index in [0.29, 0.717) is 18.2 Å². The summed E-state index contributed by atoms with van der Waals surface area (Å²) in [6, 6.07) is 1.76. The van der Waals surface area contributed by atoms with Gasteiger partial charge in [0.05, 0.1) is 5.60 Å². The van der Waals surface area contributed by atoms with E-state index in [2.05, 4.69) is 10.5 Å². The number of nitrogens with zero attached hydrogens (tertiary/aromatic N) is 1. The van der Waals surface area contributed by atoms with Gasteiger partial charge in [0, 0.05) is 31.4 Å². The Morgan fingerprint density at radius 2 is 2.53 bits per heavy atom. The average Bonchev–Trinajstić information content (AvgIpc) is 2.99. The zero-order chi connectivity index (χ0) is 13.3. The van der Waals surface area contributed by atoms with Crippen molar-refractivity contribution in [3.8, 4) is 0 Å². The van der Waals surface area contributed by atoms with Gasteiger partial charge in [-0.2, -0.15) is 11.8 Å². The number of ether oxygens (including phenoxy) is 1. The fourth-order valence-corrected chi connectivity index (χ4v) is 3.65. The fraction of sp³-hybridized carbons (Fsp3) is 0.692. The molecule has 1 aromatic rings. The van der Waals surface area contributed by atoms with E-state index in [4.69, 9.17) is 9.26 Å². The zero-order valence-electron chi connectivity index (χ0n) is 11.0. The number of carbonyl (C=O) groups is 1. The molecule has 1 saturated heterocycles. The Kier molecular flexibility index (Phi) is 3.54. The van der Waals surface area contributed by atoms with Crippen molar-refractivity contribution in [1.82, 2.24) is 10.5 Å². The molecule has 19 heavy (non-hydrogen) atoms. The second-order valence-corrected chi connectivity index (χ2v) is 6.37. The minimum Gasteiger partial charge on any atom is -0.376 e. The topological polar surface area (TPSA) is 64.4 Å². The Morgan fingerprint density at radius 3 is 3.16 bits per heavy atom. The van der Waals surface area contributed by atoms with Gasteiger partial charge in [0.25, 0.3) is 5.91 Å². The molecule has 2 aliphatic rings. The number of nitrogens with one attached hydrogen (secondary N) is 1. The number of hydrogen-bond donors (Lipinski definition) is 1. The summed E-state index contributed by atoms with van der Waals surface area (Å²) in [6.45, 7) is 0.529. The molecule has 6 heteroatoms. The van der Waals surface area contributed by atoms with Gasteiger partial charge in [-0.3, -0.25) is 4.79 Å². The van der Waals surface area contributed by atoms with Crippen LogP contribution in [0.2, 0.25) is 0 Å². The quantitative estimate of drug-likeness (QED) is 0.892. The molecule has 0 bridgehead atoms. The first-order valence-corrected chi connectivity index (χ1v) is 7.76. The Bertz CT molecular complexity index is 464. The smallest absolute Gasteiger partial charge is 0.273 e. The molecule has 1 N–H and O–H groups in total. The molecule has 0 radical (unpaired) electrons. The summed E-state index contributed by atoms with van der Waals surface area (Å²) in [4.78, 5) is 12.0. The summed E-state index contributed by atoms with van der Waals surface area (Å²) < 4.78 is 10.7. The van der Waals surface area contributed by atoms with Gasteiger partial charge in [0.15, 0.2) is 5.69 Å². The Labute approximate surface area is 116 Å². The maximum atomic E-state index is 12.0. The number of aromatic nitrogens is 1. The van der Waals surface area contributed by atoms with E-state index >= 15 is 0 Å². The van der Waals surface area contributed by atoms with Crippen molar-refractivity contribution in [2.24, 2.45) is 0 Å². The maximum absolute atomic E-state index is 12.0. The first kappa shape index (κ1) is 13.0. The highest BCUT2D eigenvalue weighted by molar-refractivity contribution is 7.99. The van der Waals surface area contributed by atoms with Crippen LogP contribution in [0.3, 0.4) is 0 Å². The number of carbonyl (C=O) groups excluding carboxylic acids is 1. The number of amides is 1. The highest BCUT2D eigenvalue weighted by Gasteiger charge is 2.35. The number of rotatable bonds is 5. The molecule has 1 amide bonds. The predicted molar refractivity (Wildman–Crippen MR) is 72.5 cm³/mol. The van der Waals surface area contributed by atoms with Gasteiger partial charge < -0.3 is 14.6 Å². The van der Waals surface area contributed by atoms with Crippen LogP contribution >= 0.6 is 11.8 Å². The van der Waals surface area contributed by atoms with Crippen LogP contribution in [0.4, 0.5) is 0 Å². The fourth-order valence-electron chi connectivity index (χ4n) is 2.25. The highest BCUT2D eigenvalue weighted by Crippen LogP contribution is 2.40. The number of methoxy groups -OCH3 is 1. The van der Waals surface area contributed by atoms with Crippen LogP contribution in [0.1, 0.15) is 41.4 Å². The normalized spacial score (nSPS) is 26.6. The van der Waals surface area contributed by atoms with Crippen LogP contribution in [0.25, 0.3) is 0 Å². The van der Waals surface area contributed by atoms with Crippen molar-refractivity contribution in [3.63, 3.8) is 0 Å². The molecule has 3 rings (SSSR count). The van der Waals surface area contributed by atoms with Crippen molar-refractivity contribution < 1.29 is 14.1 Å². The van der Waals surface area contributed by atoms with Crippen molar-refractivity contribution >= 4 is 17.7 Å². The summed E-state index contributed by atoms with van der Waals surface area (Å²) in [7, 11) is 1.71. The largest absolute Gasteiger partial charge is 0.376 e. The molecule has 5 nitrogen and oxygen atoms in total. The third-order valence-electron chi connectivity index (χ3n) is 3.81. The first-order valence-electron chi connectivity index (χ1n) is 6.60. The lowest BCUT2D eigenvalue weighted by Gasteiger charge is -2.26. The van der Waals surface area contributed by atoms with E-state index in [1.54, 1.807) is 13.2 Å². The van der Waals surface area contributed by atoms with Crippen LogP contribution < -0.4 is 5.32 Å². The van der Waals surface area contributed by atoms with Crippen LogP contribution in [0, 0.1) is 0 Å². The first-order chi connectivity index (χ1) is 9.22. The lowest BCUT2D eigenvalue weighted by Crippen LogP contribution is -2.44. The molecule has 1 aromatic heterocycles. The lowest BCUT2D eigenvalue weighted by molar-refractivity contribution is 0.0136. The van der Waals surface area contributed by atoms with Gasteiger partial charge in [-0.15, -0.1) is 0 Å². The van der Waals surface area contributed by atoms with E-state index in [1.165, 1.54) is 0 Å². The Hall–Kier alpha value is -1.01. The van der Waals surface area contributed by atoms with Crippen LogP contribution in [-0.2, 0) is 4.74 Å². The van der Waals surface area contributed by atoms with Crippen LogP contribution in [-0.4, -0.2) is 41.8 Å². The minimum absolute atomic E-state index is 0.177. The molecule has 1 atom stereocenters. The molecular formula is C13H18N2O3S.